The highest BCUT2D eigenvalue weighted by Gasteiger charge is 2.24. The van der Waals surface area contributed by atoms with Crippen LogP contribution in [0.15, 0.2) is 27.4 Å². The molecule has 102 valence electrons. The highest BCUT2D eigenvalue weighted by atomic mass is 16.4. The van der Waals surface area contributed by atoms with Crippen LogP contribution in [0, 0.1) is 5.92 Å². The maximum absolute atomic E-state index is 11.2. The van der Waals surface area contributed by atoms with Gasteiger partial charge in [0.2, 0.25) is 0 Å². The number of hydrogen-bond acceptors (Lipinski definition) is 3. The predicted molar refractivity (Wildman–Crippen MR) is 75.2 cm³/mol. The molecule has 1 heterocycles. The molecule has 3 rings (SSSR count). The lowest BCUT2D eigenvalue weighted by atomic mass is 9.77. The average Bonchev–Trinajstić information content (AvgIpc) is 2.80. The fourth-order valence-corrected chi connectivity index (χ4v) is 3.34. The third-order valence-electron chi connectivity index (χ3n) is 4.34. The SMILES string of the molecule is NCC(c1ccc2oc(=O)[nH]c2c1)C1CCCCC1. The van der Waals surface area contributed by atoms with E-state index in [0.717, 1.165) is 5.52 Å². The van der Waals surface area contributed by atoms with Gasteiger partial charge in [-0.05, 0) is 48.9 Å². The van der Waals surface area contributed by atoms with Gasteiger partial charge in [-0.25, -0.2) is 4.79 Å². The summed E-state index contributed by atoms with van der Waals surface area (Å²) < 4.78 is 5.04. The minimum absolute atomic E-state index is 0.392. The Balaban J connectivity index is 1.93. The van der Waals surface area contributed by atoms with Crippen LogP contribution < -0.4 is 11.5 Å². The van der Waals surface area contributed by atoms with Crippen LogP contribution in [0.25, 0.3) is 11.1 Å². The van der Waals surface area contributed by atoms with E-state index >= 15 is 0 Å². The Labute approximate surface area is 112 Å². The molecule has 0 saturated heterocycles. The minimum atomic E-state index is -0.394. The number of aromatic amines is 1. The number of nitrogens with one attached hydrogen (secondary N) is 1. The smallest absolute Gasteiger partial charge is 0.408 e. The zero-order chi connectivity index (χ0) is 13.2. The van der Waals surface area contributed by atoms with Crippen molar-refractivity contribution in [2.75, 3.05) is 6.54 Å². The summed E-state index contributed by atoms with van der Waals surface area (Å²) in [6, 6.07) is 5.94. The second kappa shape index (κ2) is 5.21. The van der Waals surface area contributed by atoms with Crippen molar-refractivity contribution in [2.45, 2.75) is 38.0 Å². The first-order valence-corrected chi connectivity index (χ1v) is 7.11. The number of aromatic nitrogens is 1. The van der Waals surface area contributed by atoms with Crippen molar-refractivity contribution in [1.82, 2.24) is 4.98 Å². The number of H-pyrrole nitrogens is 1. The quantitative estimate of drug-likeness (QED) is 0.891. The van der Waals surface area contributed by atoms with Gasteiger partial charge in [-0.3, -0.25) is 4.98 Å². The molecular weight excluding hydrogens is 240 g/mol. The van der Waals surface area contributed by atoms with Gasteiger partial charge >= 0.3 is 5.76 Å². The molecule has 0 bridgehead atoms. The van der Waals surface area contributed by atoms with Crippen LogP contribution in [0.2, 0.25) is 0 Å². The van der Waals surface area contributed by atoms with Gasteiger partial charge in [-0.15, -0.1) is 0 Å². The van der Waals surface area contributed by atoms with Crippen LogP contribution in [0.3, 0.4) is 0 Å². The summed E-state index contributed by atoms with van der Waals surface area (Å²) in [5.74, 6) is 0.673. The Morgan fingerprint density at radius 1 is 1.32 bits per heavy atom. The molecule has 0 amide bonds. The highest BCUT2D eigenvalue weighted by molar-refractivity contribution is 5.73. The van der Waals surface area contributed by atoms with Gasteiger partial charge in [0.1, 0.15) is 0 Å². The summed E-state index contributed by atoms with van der Waals surface area (Å²) >= 11 is 0. The zero-order valence-corrected chi connectivity index (χ0v) is 11.0. The number of benzene rings is 1. The molecule has 1 unspecified atom stereocenters. The first-order valence-electron chi connectivity index (χ1n) is 7.11. The van der Waals surface area contributed by atoms with E-state index in [2.05, 4.69) is 4.98 Å². The Bertz CT molecular complexity index is 608. The van der Waals surface area contributed by atoms with E-state index in [1.807, 2.05) is 18.2 Å². The highest BCUT2D eigenvalue weighted by Crippen LogP contribution is 2.36. The number of hydrogen-bond donors (Lipinski definition) is 2. The van der Waals surface area contributed by atoms with E-state index in [9.17, 15) is 4.79 Å². The van der Waals surface area contributed by atoms with Crippen LogP contribution >= 0.6 is 0 Å². The van der Waals surface area contributed by atoms with Crippen molar-refractivity contribution >= 4 is 11.1 Å². The van der Waals surface area contributed by atoms with Crippen molar-refractivity contribution in [3.05, 3.63) is 34.3 Å². The van der Waals surface area contributed by atoms with Gasteiger partial charge in [0.25, 0.3) is 0 Å². The van der Waals surface area contributed by atoms with Gasteiger partial charge in [-0.1, -0.05) is 25.3 Å². The number of fused-ring (bicyclic) bond motifs is 1. The molecule has 1 saturated carbocycles. The van der Waals surface area contributed by atoms with Gasteiger partial charge < -0.3 is 10.2 Å². The fourth-order valence-electron chi connectivity index (χ4n) is 3.34. The molecular formula is C15H20N2O2. The van der Waals surface area contributed by atoms with E-state index in [1.54, 1.807) is 0 Å². The third kappa shape index (κ3) is 2.45. The number of rotatable bonds is 3. The molecule has 0 aliphatic heterocycles. The molecule has 1 aliphatic rings. The molecule has 0 radical (unpaired) electrons. The van der Waals surface area contributed by atoms with Gasteiger partial charge in [0.15, 0.2) is 5.58 Å². The average molecular weight is 260 g/mol. The second-order valence-electron chi connectivity index (χ2n) is 5.51. The minimum Gasteiger partial charge on any atom is -0.408 e. The second-order valence-corrected chi connectivity index (χ2v) is 5.51. The molecule has 19 heavy (non-hydrogen) atoms. The largest absolute Gasteiger partial charge is 0.417 e. The van der Waals surface area contributed by atoms with Gasteiger partial charge in [-0.2, -0.15) is 0 Å². The van der Waals surface area contributed by atoms with Crippen LogP contribution in [-0.2, 0) is 0 Å². The molecule has 4 heteroatoms. The Kier molecular flexibility index (Phi) is 3.42. The zero-order valence-electron chi connectivity index (χ0n) is 11.0. The van der Waals surface area contributed by atoms with Gasteiger partial charge in [0, 0.05) is 0 Å². The third-order valence-corrected chi connectivity index (χ3v) is 4.34. The predicted octanol–water partition coefficient (Wildman–Crippen LogP) is 2.74. The Morgan fingerprint density at radius 3 is 2.84 bits per heavy atom. The number of oxazole rings is 1. The van der Waals surface area contributed by atoms with Crippen LogP contribution in [0.5, 0.6) is 0 Å². The lowest BCUT2D eigenvalue weighted by Gasteiger charge is -2.29. The standard InChI is InChI=1S/C15H20N2O2/c16-9-12(10-4-2-1-3-5-10)11-6-7-14-13(8-11)17-15(18)19-14/h6-8,10,12H,1-5,9,16H2,(H,17,18). The maximum atomic E-state index is 11.2. The summed E-state index contributed by atoms with van der Waals surface area (Å²) in [7, 11) is 0. The normalized spacial score (nSPS) is 18.8. The van der Waals surface area contributed by atoms with E-state index in [0.29, 0.717) is 24.0 Å². The van der Waals surface area contributed by atoms with Crippen molar-refractivity contribution in [2.24, 2.45) is 11.7 Å². The molecule has 0 spiro atoms. The first kappa shape index (κ1) is 12.5. The topological polar surface area (TPSA) is 72.0 Å². The molecule has 1 aromatic heterocycles. The molecule has 1 fully saturated rings. The Hall–Kier alpha value is -1.55. The van der Waals surface area contributed by atoms with E-state index < -0.39 is 5.76 Å². The Morgan fingerprint density at radius 2 is 2.11 bits per heavy atom. The fraction of sp³-hybridized carbons (Fsp3) is 0.533. The van der Waals surface area contributed by atoms with Crippen molar-refractivity contribution in [3.63, 3.8) is 0 Å². The van der Waals surface area contributed by atoms with E-state index in [1.165, 1.54) is 37.7 Å². The molecule has 2 aromatic rings. The summed E-state index contributed by atoms with van der Waals surface area (Å²) in [5.41, 5.74) is 8.60. The van der Waals surface area contributed by atoms with Crippen molar-refractivity contribution in [1.29, 1.82) is 0 Å². The maximum Gasteiger partial charge on any atom is 0.417 e. The summed E-state index contributed by atoms with van der Waals surface area (Å²) in [6.45, 7) is 0.665. The summed E-state index contributed by atoms with van der Waals surface area (Å²) in [4.78, 5) is 13.9. The first-order chi connectivity index (χ1) is 9.28. The van der Waals surface area contributed by atoms with Crippen LogP contribution in [-0.4, -0.2) is 11.5 Å². The van der Waals surface area contributed by atoms with Crippen LogP contribution in [0.4, 0.5) is 0 Å². The molecule has 1 atom stereocenters. The van der Waals surface area contributed by atoms with E-state index in [4.69, 9.17) is 10.2 Å². The molecule has 3 N–H and O–H groups in total. The van der Waals surface area contributed by atoms with Crippen LogP contribution in [0.1, 0.15) is 43.6 Å². The summed E-state index contributed by atoms with van der Waals surface area (Å²) in [6.07, 6.45) is 6.50. The van der Waals surface area contributed by atoms with Crippen molar-refractivity contribution < 1.29 is 4.42 Å². The van der Waals surface area contributed by atoms with Crippen molar-refractivity contribution in [3.8, 4) is 0 Å². The summed E-state index contributed by atoms with van der Waals surface area (Å²) in [5, 5.41) is 0. The number of nitrogens with two attached hydrogens (primary N) is 1. The van der Waals surface area contributed by atoms with E-state index in [-0.39, 0.29) is 0 Å². The lowest BCUT2D eigenvalue weighted by molar-refractivity contribution is 0.307. The van der Waals surface area contributed by atoms with Gasteiger partial charge in [0.05, 0.1) is 5.52 Å². The lowest BCUT2D eigenvalue weighted by Crippen LogP contribution is -2.23. The molecule has 4 nitrogen and oxygen atoms in total. The molecule has 1 aliphatic carbocycles. The molecule has 1 aromatic carbocycles. The monoisotopic (exact) mass is 260 g/mol.